The molecule has 1 saturated heterocycles. The van der Waals surface area contributed by atoms with Gasteiger partial charge in [0.15, 0.2) is 0 Å². The normalized spacial score (nSPS) is 16.8. The van der Waals surface area contributed by atoms with Crippen molar-refractivity contribution in [2.75, 3.05) is 26.1 Å². The molecule has 25 heavy (non-hydrogen) atoms. The molecular weight excluding hydrogens is 344 g/mol. The Hall–Kier alpha value is -2.13. The van der Waals surface area contributed by atoms with Crippen LogP contribution in [0.5, 0.6) is 5.75 Å². The summed E-state index contributed by atoms with van der Waals surface area (Å²) in [5.74, 6) is 0.935. The average Bonchev–Trinajstić information content (AvgIpc) is 3.31. The predicted octanol–water partition coefficient (Wildman–Crippen LogP) is 1.81. The van der Waals surface area contributed by atoms with Gasteiger partial charge in [0.2, 0.25) is 5.16 Å². The van der Waals surface area contributed by atoms with Crippen molar-refractivity contribution >= 4 is 17.7 Å². The second-order valence-electron chi connectivity index (χ2n) is 5.49. The van der Waals surface area contributed by atoms with E-state index in [1.165, 1.54) is 18.9 Å². The van der Waals surface area contributed by atoms with Crippen LogP contribution < -0.4 is 4.74 Å². The van der Waals surface area contributed by atoms with Crippen LogP contribution >= 0.6 is 11.8 Å². The standard InChI is InChI=1S/C16H20N4O4S/c1-22-15(21)12-4-2-5-13(10-12)24-8-9-25-16-17-18-19-20(16)11-14-6-3-7-23-14/h2,4-5,10,14H,3,6-9,11H2,1H3. The van der Waals surface area contributed by atoms with Crippen molar-refractivity contribution in [3.63, 3.8) is 0 Å². The molecule has 1 unspecified atom stereocenters. The summed E-state index contributed by atoms with van der Waals surface area (Å²) in [6.07, 6.45) is 2.33. The summed E-state index contributed by atoms with van der Waals surface area (Å²) >= 11 is 1.53. The number of rotatable bonds is 8. The zero-order valence-electron chi connectivity index (χ0n) is 14.0. The fraction of sp³-hybridized carbons (Fsp3) is 0.500. The number of nitrogens with zero attached hydrogens (tertiary/aromatic N) is 4. The Labute approximate surface area is 149 Å². The van der Waals surface area contributed by atoms with Gasteiger partial charge in [-0.3, -0.25) is 0 Å². The van der Waals surface area contributed by atoms with E-state index in [0.29, 0.717) is 30.2 Å². The predicted molar refractivity (Wildman–Crippen MR) is 90.8 cm³/mol. The molecular formula is C16H20N4O4S. The first-order chi connectivity index (χ1) is 12.3. The summed E-state index contributed by atoms with van der Waals surface area (Å²) < 4.78 is 17.8. The highest BCUT2D eigenvalue weighted by Gasteiger charge is 2.18. The van der Waals surface area contributed by atoms with Gasteiger partial charge < -0.3 is 14.2 Å². The first-order valence-electron chi connectivity index (χ1n) is 8.08. The van der Waals surface area contributed by atoms with Crippen LogP contribution in [0.2, 0.25) is 0 Å². The first-order valence-corrected chi connectivity index (χ1v) is 9.06. The zero-order chi connectivity index (χ0) is 17.5. The zero-order valence-corrected chi connectivity index (χ0v) is 14.8. The van der Waals surface area contributed by atoms with Crippen molar-refractivity contribution in [1.82, 2.24) is 20.2 Å². The molecule has 8 nitrogen and oxygen atoms in total. The maximum atomic E-state index is 11.5. The molecule has 1 aromatic heterocycles. The van der Waals surface area contributed by atoms with Crippen LogP contribution in [0.15, 0.2) is 29.4 Å². The van der Waals surface area contributed by atoms with Crippen LogP contribution in [-0.4, -0.2) is 58.4 Å². The summed E-state index contributed by atoms with van der Waals surface area (Å²) in [5.41, 5.74) is 0.466. The third-order valence-corrected chi connectivity index (χ3v) is 4.66. The molecule has 1 atom stereocenters. The van der Waals surface area contributed by atoms with E-state index in [2.05, 4.69) is 15.5 Å². The summed E-state index contributed by atoms with van der Waals surface area (Å²) in [6, 6.07) is 6.92. The van der Waals surface area contributed by atoms with E-state index in [1.54, 1.807) is 28.9 Å². The summed E-state index contributed by atoms with van der Waals surface area (Å²) in [6.45, 7) is 1.97. The number of thioether (sulfide) groups is 1. The maximum absolute atomic E-state index is 11.5. The lowest BCUT2D eigenvalue weighted by Gasteiger charge is -2.10. The van der Waals surface area contributed by atoms with Gasteiger partial charge in [-0.25, -0.2) is 9.48 Å². The lowest BCUT2D eigenvalue weighted by Crippen LogP contribution is -2.17. The van der Waals surface area contributed by atoms with Crippen LogP contribution in [0.25, 0.3) is 0 Å². The Morgan fingerprint density at radius 2 is 2.40 bits per heavy atom. The highest BCUT2D eigenvalue weighted by molar-refractivity contribution is 7.99. The Bertz CT molecular complexity index is 703. The fourth-order valence-electron chi connectivity index (χ4n) is 2.52. The van der Waals surface area contributed by atoms with Crippen molar-refractivity contribution in [1.29, 1.82) is 0 Å². The second-order valence-corrected chi connectivity index (χ2v) is 6.56. The van der Waals surface area contributed by atoms with Crippen molar-refractivity contribution < 1.29 is 19.0 Å². The summed E-state index contributed by atoms with van der Waals surface area (Å²) in [4.78, 5) is 11.5. The van der Waals surface area contributed by atoms with Crippen molar-refractivity contribution in [2.24, 2.45) is 0 Å². The summed E-state index contributed by atoms with van der Waals surface area (Å²) in [7, 11) is 1.35. The number of aromatic nitrogens is 4. The number of hydrogen-bond donors (Lipinski definition) is 0. The fourth-order valence-corrected chi connectivity index (χ4v) is 3.22. The molecule has 0 spiro atoms. The number of carbonyl (C=O) groups is 1. The van der Waals surface area contributed by atoms with Crippen molar-refractivity contribution in [3.05, 3.63) is 29.8 Å². The SMILES string of the molecule is COC(=O)c1cccc(OCCSc2nnnn2CC2CCCO2)c1. The van der Waals surface area contributed by atoms with Gasteiger partial charge in [-0.2, -0.15) is 0 Å². The van der Waals surface area contributed by atoms with E-state index in [0.717, 1.165) is 24.6 Å². The van der Waals surface area contributed by atoms with E-state index in [-0.39, 0.29) is 12.1 Å². The van der Waals surface area contributed by atoms with Gasteiger partial charge in [-0.1, -0.05) is 17.8 Å². The summed E-state index contributed by atoms with van der Waals surface area (Å²) in [5, 5.41) is 12.6. The number of esters is 1. The smallest absolute Gasteiger partial charge is 0.337 e. The molecule has 0 radical (unpaired) electrons. The monoisotopic (exact) mass is 364 g/mol. The van der Waals surface area contributed by atoms with Crippen LogP contribution in [0, 0.1) is 0 Å². The Morgan fingerprint density at radius 1 is 1.48 bits per heavy atom. The van der Waals surface area contributed by atoms with E-state index in [4.69, 9.17) is 14.2 Å². The van der Waals surface area contributed by atoms with E-state index in [1.807, 2.05) is 0 Å². The molecule has 0 bridgehead atoms. The third-order valence-electron chi connectivity index (χ3n) is 3.74. The molecule has 0 saturated carbocycles. The largest absolute Gasteiger partial charge is 0.493 e. The minimum atomic E-state index is -0.381. The number of ether oxygens (including phenoxy) is 3. The van der Waals surface area contributed by atoms with Crippen LogP contribution in [0.1, 0.15) is 23.2 Å². The quantitative estimate of drug-likeness (QED) is 0.398. The molecule has 1 aliphatic rings. The number of hydrogen-bond acceptors (Lipinski definition) is 8. The number of methoxy groups -OCH3 is 1. The van der Waals surface area contributed by atoms with E-state index < -0.39 is 0 Å². The van der Waals surface area contributed by atoms with Crippen LogP contribution in [0.3, 0.4) is 0 Å². The minimum absolute atomic E-state index is 0.195. The molecule has 0 aliphatic carbocycles. The van der Waals surface area contributed by atoms with Gasteiger partial charge in [-0.15, -0.1) is 5.10 Å². The van der Waals surface area contributed by atoms with Gasteiger partial charge in [-0.05, 0) is 41.5 Å². The van der Waals surface area contributed by atoms with Gasteiger partial charge in [0, 0.05) is 12.4 Å². The molecule has 0 amide bonds. The topological polar surface area (TPSA) is 88.4 Å². The van der Waals surface area contributed by atoms with E-state index in [9.17, 15) is 4.79 Å². The number of benzene rings is 1. The van der Waals surface area contributed by atoms with E-state index >= 15 is 0 Å². The highest BCUT2D eigenvalue weighted by Crippen LogP contribution is 2.19. The second kappa shape index (κ2) is 8.82. The molecule has 1 aliphatic heterocycles. The lowest BCUT2D eigenvalue weighted by molar-refractivity contribution is 0.0600. The Balaban J connectivity index is 1.46. The molecule has 2 aromatic rings. The minimum Gasteiger partial charge on any atom is -0.493 e. The van der Waals surface area contributed by atoms with Gasteiger partial charge >= 0.3 is 5.97 Å². The Kier molecular flexibility index (Phi) is 6.24. The van der Waals surface area contributed by atoms with Crippen molar-refractivity contribution in [3.8, 4) is 5.75 Å². The lowest BCUT2D eigenvalue weighted by atomic mass is 10.2. The molecule has 3 rings (SSSR count). The van der Waals surface area contributed by atoms with Crippen molar-refractivity contribution in [2.45, 2.75) is 30.6 Å². The average molecular weight is 364 g/mol. The molecule has 0 N–H and O–H groups in total. The van der Waals surface area contributed by atoms with Gasteiger partial charge in [0.1, 0.15) is 5.75 Å². The molecule has 134 valence electrons. The number of tetrazole rings is 1. The van der Waals surface area contributed by atoms with Crippen LogP contribution in [0.4, 0.5) is 0 Å². The molecule has 1 aromatic carbocycles. The molecule has 9 heteroatoms. The molecule has 1 fully saturated rings. The first kappa shape index (κ1) is 17.7. The third kappa shape index (κ3) is 4.93. The number of carbonyl (C=O) groups excluding carboxylic acids is 1. The Morgan fingerprint density at radius 3 is 3.20 bits per heavy atom. The van der Waals surface area contributed by atoms with Gasteiger partial charge in [0.05, 0.1) is 31.9 Å². The van der Waals surface area contributed by atoms with Gasteiger partial charge in [0.25, 0.3) is 0 Å². The highest BCUT2D eigenvalue weighted by atomic mass is 32.2. The van der Waals surface area contributed by atoms with Crippen LogP contribution in [-0.2, 0) is 16.0 Å². The molecule has 2 heterocycles. The maximum Gasteiger partial charge on any atom is 0.337 e.